The van der Waals surface area contributed by atoms with Crippen molar-refractivity contribution >= 4 is 53.7 Å². The molecule has 3 aromatic heterocycles. The number of amides is 1. The molecule has 2 aliphatic rings. The molecule has 13 heteroatoms. The molecule has 1 amide bonds. The average Bonchev–Trinajstić information content (AvgIpc) is 3.69. The number of hydrogen-bond acceptors (Lipinski definition) is 7. The van der Waals surface area contributed by atoms with Crippen LogP contribution in [-0.2, 0) is 30.3 Å². The van der Waals surface area contributed by atoms with Crippen molar-refractivity contribution in [2.45, 2.75) is 77.3 Å². The maximum Gasteiger partial charge on any atom is 0.410 e. The van der Waals surface area contributed by atoms with Crippen LogP contribution < -0.4 is 10.5 Å². The molecular formula is C31H42ClN7O4Si. The Morgan fingerprint density at radius 3 is 2.50 bits per heavy atom. The third-order valence-electron chi connectivity index (χ3n) is 8.45. The molecule has 2 atom stereocenters. The van der Waals surface area contributed by atoms with Gasteiger partial charge in [-0.25, -0.2) is 4.79 Å². The zero-order chi connectivity index (χ0) is 31.7. The molecule has 0 aliphatic carbocycles. The molecule has 1 aromatic carbocycles. The summed E-state index contributed by atoms with van der Waals surface area (Å²) in [6.07, 6.45) is 4.33. The molecule has 0 radical (unpaired) electrons. The Kier molecular flexibility index (Phi) is 7.61. The lowest BCUT2D eigenvalue weighted by molar-refractivity contribution is 0.0214. The number of carbonyl (C=O) groups is 1. The average molecular weight is 640 g/mol. The molecule has 11 nitrogen and oxygen atoms in total. The number of carbonyl (C=O) groups excluding carboxylic acids is 1. The van der Waals surface area contributed by atoms with Crippen LogP contribution in [0.1, 0.15) is 27.2 Å². The van der Waals surface area contributed by atoms with E-state index in [1.807, 2.05) is 61.8 Å². The first-order valence-electron chi connectivity index (χ1n) is 15.2. The van der Waals surface area contributed by atoms with E-state index in [1.54, 1.807) is 16.3 Å². The standard InChI is InChI=1S/C31H42ClN7O4Si/c1-31(2,3)43-30(41)39-15-19-13-20(39)14-38(19)29-33-27-25(28(40)36(29)5)22(17-37(27)18-42-11-12-44(6,7)8)21-9-10-24-23(26(21)32)16-35(4)34-24/h9-10,16-17,19-20H,11-15,18H2,1-8H3/t19-,20-/m1/s1. The van der Waals surface area contributed by atoms with Gasteiger partial charge in [-0.2, -0.15) is 10.1 Å². The fourth-order valence-electron chi connectivity index (χ4n) is 6.25. The quantitative estimate of drug-likeness (QED) is 0.196. The van der Waals surface area contributed by atoms with Gasteiger partial charge in [-0.15, -0.1) is 0 Å². The lowest BCUT2D eigenvalue weighted by Crippen LogP contribution is -2.51. The molecule has 0 spiro atoms. The van der Waals surface area contributed by atoms with Gasteiger partial charge in [-0.05, 0) is 39.3 Å². The van der Waals surface area contributed by atoms with Gasteiger partial charge in [-0.3, -0.25) is 14.0 Å². The number of anilines is 1. The van der Waals surface area contributed by atoms with Crippen molar-refractivity contribution in [1.82, 2.24) is 28.8 Å². The summed E-state index contributed by atoms with van der Waals surface area (Å²) in [7, 11) is 2.34. The number of piperazine rings is 1. The molecule has 4 aromatic rings. The molecule has 2 aliphatic heterocycles. The summed E-state index contributed by atoms with van der Waals surface area (Å²) in [6, 6.07) is 4.92. The number of aromatic nitrogens is 5. The largest absolute Gasteiger partial charge is 0.444 e. The van der Waals surface area contributed by atoms with Crippen LogP contribution in [-0.4, -0.2) is 80.3 Å². The lowest BCUT2D eigenvalue weighted by atomic mass is 10.0. The van der Waals surface area contributed by atoms with Crippen molar-refractivity contribution in [2.75, 3.05) is 24.6 Å². The Hall–Kier alpha value is -3.35. The normalized spacial score (nSPS) is 18.8. The van der Waals surface area contributed by atoms with Gasteiger partial charge in [0.15, 0.2) is 5.65 Å². The molecule has 0 unspecified atom stereocenters. The molecule has 0 saturated carbocycles. The summed E-state index contributed by atoms with van der Waals surface area (Å²) in [5, 5.41) is 6.34. The van der Waals surface area contributed by atoms with Gasteiger partial charge >= 0.3 is 6.09 Å². The fraction of sp³-hybridized carbons (Fsp3) is 0.548. The molecule has 44 heavy (non-hydrogen) atoms. The lowest BCUT2D eigenvalue weighted by Gasteiger charge is -2.36. The SMILES string of the molecule is Cn1cc2c(Cl)c(-c3cn(COCC[Si](C)(C)C)c4nc(N5C[C@H]6C[C@@H]5CN6C(=O)OC(C)(C)C)n(C)c(=O)c34)ccc2n1. The highest BCUT2D eigenvalue weighted by Crippen LogP contribution is 2.39. The highest BCUT2D eigenvalue weighted by atomic mass is 35.5. The predicted octanol–water partition coefficient (Wildman–Crippen LogP) is 5.45. The highest BCUT2D eigenvalue weighted by molar-refractivity contribution is 6.76. The van der Waals surface area contributed by atoms with Crippen molar-refractivity contribution in [3.63, 3.8) is 0 Å². The highest BCUT2D eigenvalue weighted by Gasteiger charge is 2.47. The molecule has 2 fully saturated rings. The maximum atomic E-state index is 14.2. The molecule has 6 rings (SSSR count). The second kappa shape index (κ2) is 10.9. The predicted molar refractivity (Wildman–Crippen MR) is 176 cm³/mol. The molecule has 0 N–H and O–H groups in total. The van der Waals surface area contributed by atoms with E-state index in [-0.39, 0.29) is 30.5 Å². The van der Waals surface area contributed by atoms with Gasteiger partial charge in [-0.1, -0.05) is 37.3 Å². The van der Waals surface area contributed by atoms with Crippen LogP contribution in [0.4, 0.5) is 10.7 Å². The maximum absolute atomic E-state index is 14.2. The summed E-state index contributed by atoms with van der Waals surface area (Å²) in [4.78, 5) is 36.1. The Morgan fingerprint density at radius 1 is 1.09 bits per heavy atom. The van der Waals surface area contributed by atoms with Crippen LogP contribution in [0.3, 0.4) is 0 Å². The number of hydrogen-bond donors (Lipinski definition) is 0. The zero-order valence-electron chi connectivity index (χ0n) is 26.8. The molecular weight excluding hydrogens is 598 g/mol. The number of benzene rings is 1. The Bertz CT molecular complexity index is 1820. The van der Waals surface area contributed by atoms with Gasteiger partial charge in [0.1, 0.15) is 12.3 Å². The number of nitrogens with zero attached hydrogens (tertiary/aromatic N) is 7. The third kappa shape index (κ3) is 5.63. The van der Waals surface area contributed by atoms with E-state index >= 15 is 0 Å². The first-order valence-corrected chi connectivity index (χ1v) is 19.3. The van der Waals surface area contributed by atoms with E-state index in [0.717, 1.165) is 28.9 Å². The first-order chi connectivity index (χ1) is 20.6. The number of likely N-dealkylation sites (tertiary alicyclic amines) is 1. The van der Waals surface area contributed by atoms with Crippen LogP contribution in [0.25, 0.3) is 33.1 Å². The topological polar surface area (TPSA) is 99.6 Å². The Morgan fingerprint density at radius 2 is 1.84 bits per heavy atom. The van der Waals surface area contributed by atoms with E-state index in [1.165, 1.54) is 0 Å². The first kappa shape index (κ1) is 30.7. The molecule has 2 bridgehead atoms. The van der Waals surface area contributed by atoms with Gasteiger partial charge in [0.25, 0.3) is 5.56 Å². The van der Waals surface area contributed by atoms with E-state index < -0.39 is 13.7 Å². The van der Waals surface area contributed by atoms with Crippen molar-refractivity contribution in [2.24, 2.45) is 14.1 Å². The second-order valence-corrected chi connectivity index (χ2v) is 20.3. The van der Waals surface area contributed by atoms with Crippen LogP contribution in [0, 0.1) is 0 Å². The number of fused-ring (bicyclic) bond motifs is 4. The number of ether oxygens (including phenoxy) is 2. The fourth-order valence-corrected chi connectivity index (χ4v) is 7.32. The second-order valence-electron chi connectivity index (χ2n) is 14.3. The zero-order valence-corrected chi connectivity index (χ0v) is 28.6. The minimum atomic E-state index is -1.28. The monoisotopic (exact) mass is 639 g/mol. The van der Waals surface area contributed by atoms with Gasteiger partial charge in [0.2, 0.25) is 5.95 Å². The number of halogens is 1. The summed E-state index contributed by atoms with van der Waals surface area (Å²) >= 11 is 6.96. The van der Waals surface area contributed by atoms with E-state index in [9.17, 15) is 9.59 Å². The van der Waals surface area contributed by atoms with Crippen LogP contribution in [0.2, 0.25) is 30.7 Å². The number of rotatable bonds is 7. The van der Waals surface area contributed by atoms with Crippen molar-refractivity contribution in [3.8, 4) is 11.1 Å². The minimum Gasteiger partial charge on any atom is -0.444 e. The van der Waals surface area contributed by atoms with Gasteiger partial charge in [0.05, 0.1) is 28.0 Å². The van der Waals surface area contributed by atoms with Crippen LogP contribution >= 0.6 is 11.6 Å². The summed E-state index contributed by atoms with van der Waals surface area (Å²) < 4.78 is 17.1. The third-order valence-corrected chi connectivity index (χ3v) is 10.6. The summed E-state index contributed by atoms with van der Waals surface area (Å²) in [5.74, 6) is 0.584. The summed E-state index contributed by atoms with van der Waals surface area (Å²) in [5.41, 5.74) is 2.09. The van der Waals surface area contributed by atoms with E-state index in [4.69, 9.17) is 26.1 Å². The summed E-state index contributed by atoms with van der Waals surface area (Å²) in [6.45, 7) is 14.6. The van der Waals surface area contributed by atoms with E-state index in [2.05, 4.69) is 29.6 Å². The van der Waals surface area contributed by atoms with Gasteiger partial charge in [0, 0.05) is 70.8 Å². The van der Waals surface area contributed by atoms with Crippen molar-refractivity contribution in [1.29, 1.82) is 0 Å². The molecule has 236 valence electrons. The molecule has 2 saturated heterocycles. The Labute approximate surface area is 263 Å². The van der Waals surface area contributed by atoms with E-state index in [0.29, 0.717) is 47.3 Å². The van der Waals surface area contributed by atoms with Crippen molar-refractivity contribution in [3.05, 3.63) is 39.9 Å². The number of aryl methyl sites for hydroxylation is 1. The molecule has 5 heterocycles. The Balaban J connectivity index is 1.39. The van der Waals surface area contributed by atoms with Crippen LogP contribution in [0.5, 0.6) is 0 Å². The smallest absolute Gasteiger partial charge is 0.410 e. The minimum absolute atomic E-state index is 0.000269. The van der Waals surface area contributed by atoms with Crippen LogP contribution in [0.15, 0.2) is 29.3 Å². The van der Waals surface area contributed by atoms with Gasteiger partial charge < -0.3 is 23.8 Å². The van der Waals surface area contributed by atoms with Crippen molar-refractivity contribution < 1.29 is 14.3 Å².